The predicted octanol–water partition coefficient (Wildman–Crippen LogP) is 9.73. The van der Waals surface area contributed by atoms with Gasteiger partial charge in [-0.3, -0.25) is 0 Å². The normalized spacial score (nSPS) is 25.1. The van der Waals surface area contributed by atoms with Gasteiger partial charge in [0, 0.05) is 6.07 Å². The van der Waals surface area contributed by atoms with Crippen molar-refractivity contribution in [3.05, 3.63) is 53.6 Å². The van der Waals surface area contributed by atoms with Crippen LogP contribution in [-0.2, 0) is 0 Å². The van der Waals surface area contributed by atoms with Gasteiger partial charge in [0.1, 0.15) is 24.0 Å². The van der Waals surface area contributed by atoms with Crippen LogP contribution in [0, 0.1) is 29.4 Å². The van der Waals surface area contributed by atoms with E-state index >= 15 is 4.39 Å². The second-order valence-corrected chi connectivity index (χ2v) is 10.8. The highest BCUT2D eigenvalue weighted by atomic mass is 19.1. The van der Waals surface area contributed by atoms with Gasteiger partial charge < -0.3 is 4.74 Å². The van der Waals surface area contributed by atoms with E-state index in [0.717, 1.165) is 24.7 Å². The van der Waals surface area contributed by atoms with Gasteiger partial charge in [-0.2, -0.15) is 0 Å². The van der Waals surface area contributed by atoms with Gasteiger partial charge in [-0.1, -0.05) is 76.2 Å². The van der Waals surface area contributed by atoms with Crippen LogP contribution in [0.4, 0.5) is 8.78 Å². The Morgan fingerprint density at radius 2 is 1.74 bits per heavy atom. The molecule has 0 amide bonds. The molecule has 2 fully saturated rings. The van der Waals surface area contributed by atoms with Crippen LogP contribution >= 0.6 is 0 Å². The minimum atomic E-state index is -0.527. The molecule has 0 saturated heterocycles. The molecular weight excluding hydrogens is 426 g/mol. The molecule has 34 heavy (non-hydrogen) atoms. The molecule has 4 atom stereocenters. The maximum atomic E-state index is 15.6. The van der Waals surface area contributed by atoms with Crippen molar-refractivity contribution in [2.24, 2.45) is 17.8 Å². The lowest BCUT2D eigenvalue weighted by atomic mass is 9.63. The van der Waals surface area contributed by atoms with Crippen LogP contribution in [0.2, 0.25) is 0 Å². The fourth-order valence-electron chi connectivity index (χ4n) is 6.57. The molecule has 0 heterocycles. The van der Waals surface area contributed by atoms with Gasteiger partial charge in [-0.25, -0.2) is 8.78 Å². The molecule has 2 aromatic carbocycles. The summed E-state index contributed by atoms with van der Waals surface area (Å²) in [5.41, 5.74) is 0.713. The molecule has 0 radical (unpaired) electrons. The van der Waals surface area contributed by atoms with Crippen LogP contribution < -0.4 is 4.74 Å². The first-order valence-electron chi connectivity index (χ1n) is 13.8. The number of allylic oxidation sites excluding steroid dienone is 1. The lowest BCUT2D eigenvalue weighted by Gasteiger charge is -2.42. The van der Waals surface area contributed by atoms with Crippen molar-refractivity contribution in [3.8, 4) is 5.75 Å². The van der Waals surface area contributed by atoms with Crippen LogP contribution in [-0.4, -0.2) is 6.61 Å². The minimum absolute atomic E-state index is 0.116. The molecule has 0 spiro atoms. The first kappa shape index (κ1) is 25.2. The maximum Gasteiger partial charge on any atom is 0.137 e. The molecule has 0 bridgehead atoms. The zero-order valence-electron chi connectivity index (χ0n) is 21.1. The third-order valence-corrected chi connectivity index (χ3v) is 8.47. The van der Waals surface area contributed by atoms with Crippen molar-refractivity contribution >= 4 is 10.8 Å². The van der Waals surface area contributed by atoms with Gasteiger partial charge in [0.15, 0.2) is 0 Å². The van der Waals surface area contributed by atoms with Crippen LogP contribution in [0.1, 0.15) is 102 Å². The molecule has 3 heteroatoms. The summed E-state index contributed by atoms with van der Waals surface area (Å²) >= 11 is 0. The Morgan fingerprint density at radius 1 is 0.941 bits per heavy atom. The Balaban J connectivity index is 1.38. The zero-order valence-corrected chi connectivity index (χ0v) is 21.1. The molecular formula is C31H42F2O. The van der Waals surface area contributed by atoms with Crippen molar-refractivity contribution in [1.82, 2.24) is 0 Å². The summed E-state index contributed by atoms with van der Waals surface area (Å²) in [4.78, 5) is 0. The summed E-state index contributed by atoms with van der Waals surface area (Å²) < 4.78 is 36.1. The number of ether oxygens (including phenoxy) is 1. The topological polar surface area (TPSA) is 9.23 Å². The van der Waals surface area contributed by atoms with E-state index in [0.29, 0.717) is 29.2 Å². The van der Waals surface area contributed by atoms with E-state index in [2.05, 4.69) is 6.92 Å². The van der Waals surface area contributed by atoms with E-state index in [9.17, 15) is 4.39 Å². The Morgan fingerprint density at radius 3 is 2.56 bits per heavy atom. The number of hydrogen-bond donors (Lipinski definition) is 0. The Labute approximate surface area is 205 Å². The van der Waals surface area contributed by atoms with Gasteiger partial charge in [0.25, 0.3) is 0 Å². The monoisotopic (exact) mass is 468 g/mol. The summed E-state index contributed by atoms with van der Waals surface area (Å²) in [6, 6.07) is 6.84. The van der Waals surface area contributed by atoms with Crippen LogP contribution in [0.25, 0.3) is 10.8 Å². The molecule has 1 nitrogen and oxygen atoms in total. The molecule has 0 aliphatic heterocycles. The number of hydrogen-bond acceptors (Lipinski definition) is 1. The number of rotatable bonds is 10. The third kappa shape index (κ3) is 6.01. The summed E-state index contributed by atoms with van der Waals surface area (Å²) in [5.74, 6) is 2.18. The average Bonchev–Trinajstić information content (AvgIpc) is 2.84. The van der Waals surface area contributed by atoms with Crippen LogP contribution in [0.15, 0.2) is 36.4 Å². The summed E-state index contributed by atoms with van der Waals surface area (Å²) in [7, 11) is 0. The van der Waals surface area contributed by atoms with E-state index in [1.54, 1.807) is 6.07 Å². The third-order valence-electron chi connectivity index (χ3n) is 8.47. The Bertz CT molecular complexity index is 966. The fourth-order valence-corrected chi connectivity index (χ4v) is 6.57. The summed E-state index contributed by atoms with van der Waals surface area (Å²) in [5, 5.41) is 0.689. The molecule has 2 saturated carbocycles. The molecule has 0 N–H and O–H groups in total. The zero-order chi connectivity index (χ0) is 23.9. The number of unbranched alkanes of at least 4 members (excludes halogenated alkanes) is 4. The Kier molecular flexibility index (Phi) is 9.03. The number of benzene rings is 2. The van der Waals surface area contributed by atoms with Crippen LogP contribution in [0.5, 0.6) is 5.75 Å². The quantitative estimate of drug-likeness (QED) is 0.249. The molecule has 186 valence electrons. The fraction of sp³-hybridized carbons (Fsp3) is 0.613. The minimum Gasteiger partial charge on any atom is -0.489 e. The number of fused-ring (bicyclic) bond motifs is 2. The van der Waals surface area contributed by atoms with Gasteiger partial charge in [0.05, 0.1) is 5.39 Å². The highest BCUT2D eigenvalue weighted by Gasteiger charge is 2.36. The first-order chi connectivity index (χ1) is 16.6. The maximum absolute atomic E-state index is 15.6. The smallest absolute Gasteiger partial charge is 0.137 e. The lowest BCUT2D eigenvalue weighted by molar-refractivity contribution is 0.112. The van der Waals surface area contributed by atoms with E-state index in [-0.39, 0.29) is 17.1 Å². The molecule has 2 aliphatic carbocycles. The largest absolute Gasteiger partial charge is 0.489 e. The number of halogens is 2. The second-order valence-electron chi connectivity index (χ2n) is 10.8. The summed E-state index contributed by atoms with van der Waals surface area (Å²) in [6.07, 6.45) is 19.3. The second kappa shape index (κ2) is 12.2. The van der Waals surface area contributed by atoms with E-state index in [1.165, 1.54) is 70.3 Å². The highest BCUT2D eigenvalue weighted by Crippen LogP contribution is 2.49. The molecule has 2 aromatic rings. The van der Waals surface area contributed by atoms with E-state index < -0.39 is 5.82 Å². The van der Waals surface area contributed by atoms with Crippen molar-refractivity contribution in [3.63, 3.8) is 0 Å². The highest BCUT2D eigenvalue weighted by molar-refractivity contribution is 5.86. The lowest BCUT2D eigenvalue weighted by Crippen LogP contribution is -2.30. The van der Waals surface area contributed by atoms with Crippen molar-refractivity contribution in [2.75, 3.05) is 6.61 Å². The van der Waals surface area contributed by atoms with Crippen molar-refractivity contribution in [2.45, 2.75) is 96.8 Å². The van der Waals surface area contributed by atoms with Crippen LogP contribution in [0.3, 0.4) is 0 Å². The molecule has 0 aromatic heterocycles. The first-order valence-corrected chi connectivity index (χ1v) is 13.8. The standard InChI is InChI=1S/C31H42F2O/c1-3-5-7-8-9-10-22-11-12-24-19-25(14-13-23(24)18-22)28-16-15-26-20-27(34-17-6-4-2)21-29(32)30(26)31(28)33/h4,6,15-16,20-25H,3,5,7-14,17-19H2,1-2H3/b6-4+/t22?,23-,24?,25-/m1/s1. The van der Waals surface area contributed by atoms with Crippen molar-refractivity contribution in [1.29, 1.82) is 0 Å². The van der Waals surface area contributed by atoms with E-state index in [1.807, 2.05) is 31.2 Å². The van der Waals surface area contributed by atoms with Gasteiger partial charge in [-0.15, -0.1) is 0 Å². The summed E-state index contributed by atoms with van der Waals surface area (Å²) in [6.45, 7) is 4.57. The van der Waals surface area contributed by atoms with Gasteiger partial charge in [0.2, 0.25) is 0 Å². The predicted molar refractivity (Wildman–Crippen MR) is 138 cm³/mol. The molecule has 4 rings (SSSR count). The van der Waals surface area contributed by atoms with Gasteiger partial charge in [-0.05, 0) is 79.7 Å². The van der Waals surface area contributed by atoms with Crippen molar-refractivity contribution < 1.29 is 13.5 Å². The van der Waals surface area contributed by atoms with Gasteiger partial charge >= 0.3 is 0 Å². The average molecular weight is 469 g/mol. The molecule has 2 aliphatic rings. The van der Waals surface area contributed by atoms with E-state index in [4.69, 9.17) is 4.74 Å². The molecule has 2 unspecified atom stereocenters. The SMILES string of the molecule is C/C=C/COc1cc(F)c2c(F)c([C@@H]3CC[C@@H]4CC(CCCCCCC)CCC4C3)ccc2c1. The Hall–Kier alpha value is -1.90.